The van der Waals surface area contributed by atoms with E-state index in [9.17, 15) is 0 Å². The van der Waals surface area contributed by atoms with E-state index in [0.29, 0.717) is 18.6 Å². The van der Waals surface area contributed by atoms with E-state index < -0.39 is 0 Å². The summed E-state index contributed by atoms with van der Waals surface area (Å²) < 4.78 is 11.4. The van der Waals surface area contributed by atoms with Crippen LogP contribution in [0.1, 0.15) is 45.1 Å². The molecule has 30 heavy (non-hydrogen) atoms. The zero-order chi connectivity index (χ0) is 21.0. The zero-order valence-electron chi connectivity index (χ0n) is 19.2. The smallest absolute Gasteiger partial charge is 0.191 e. The number of rotatable bonds is 13. The Morgan fingerprint density at radius 2 is 1.87 bits per heavy atom. The number of methoxy groups -OCH3 is 1. The normalized spacial score (nSPS) is 15.3. The average Bonchev–Trinajstić information content (AvgIpc) is 2.73. The SMILES string of the molecule is CCN(CC)CCOc1ccccc1CNC(=NC)NCC1(CCOC)CCC1.I. The van der Waals surface area contributed by atoms with Gasteiger partial charge in [-0.25, -0.2) is 0 Å². The lowest BCUT2D eigenvalue weighted by molar-refractivity contribution is 0.0732. The number of aliphatic imine (C=N–C) groups is 1. The van der Waals surface area contributed by atoms with E-state index in [0.717, 1.165) is 56.5 Å². The topological polar surface area (TPSA) is 58.1 Å². The Balaban J connectivity index is 0.00000450. The maximum Gasteiger partial charge on any atom is 0.191 e. The van der Waals surface area contributed by atoms with Gasteiger partial charge in [-0.3, -0.25) is 4.99 Å². The van der Waals surface area contributed by atoms with Gasteiger partial charge < -0.3 is 25.0 Å². The van der Waals surface area contributed by atoms with Crippen molar-refractivity contribution < 1.29 is 9.47 Å². The van der Waals surface area contributed by atoms with Gasteiger partial charge in [-0.15, -0.1) is 24.0 Å². The summed E-state index contributed by atoms with van der Waals surface area (Å²) in [7, 11) is 3.60. The Bertz CT molecular complexity index is 619. The summed E-state index contributed by atoms with van der Waals surface area (Å²) >= 11 is 0. The van der Waals surface area contributed by atoms with Gasteiger partial charge in [0.25, 0.3) is 0 Å². The zero-order valence-corrected chi connectivity index (χ0v) is 21.5. The summed E-state index contributed by atoms with van der Waals surface area (Å²) in [4.78, 5) is 6.77. The number of likely N-dealkylation sites (N-methyl/N-ethyl adjacent to an activating group) is 1. The van der Waals surface area contributed by atoms with Gasteiger partial charge in [-0.2, -0.15) is 0 Å². The van der Waals surface area contributed by atoms with Gasteiger partial charge in [0.05, 0.1) is 0 Å². The van der Waals surface area contributed by atoms with Crippen molar-refractivity contribution in [3.8, 4) is 5.75 Å². The number of nitrogens with one attached hydrogen (secondary N) is 2. The van der Waals surface area contributed by atoms with Gasteiger partial charge in [-0.1, -0.05) is 38.5 Å². The van der Waals surface area contributed by atoms with Crippen LogP contribution in [0.5, 0.6) is 5.75 Å². The second kappa shape index (κ2) is 14.9. The first-order valence-electron chi connectivity index (χ1n) is 11.0. The van der Waals surface area contributed by atoms with Crippen molar-refractivity contribution in [3.63, 3.8) is 0 Å². The van der Waals surface area contributed by atoms with E-state index in [-0.39, 0.29) is 24.0 Å². The van der Waals surface area contributed by atoms with Crippen LogP contribution < -0.4 is 15.4 Å². The Morgan fingerprint density at radius 3 is 2.47 bits per heavy atom. The largest absolute Gasteiger partial charge is 0.492 e. The number of para-hydroxylation sites is 1. The number of hydrogen-bond donors (Lipinski definition) is 2. The number of ether oxygens (including phenoxy) is 2. The lowest BCUT2D eigenvalue weighted by atomic mass is 9.67. The molecule has 172 valence electrons. The molecular formula is C23H41IN4O2. The highest BCUT2D eigenvalue weighted by Crippen LogP contribution is 2.43. The van der Waals surface area contributed by atoms with Crippen LogP contribution in [-0.4, -0.2) is 64.4 Å². The highest BCUT2D eigenvalue weighted by Gasteiger charge is 2.36. The molecule has 0 unspecified atom stereocenters. The van der Waals surface area contributed by atoms with Gasteiger partial charge >= 0.3 is 0 Å². The lowest BCUT2D eigenvalue weighted by Gasteiger charge is -2.42. The van der Waals surface area contributed by atoms with Crippen molar-refractivity contribution in [2.45, 2.75) is 46.1 Å². The number of guanidine groups is 1. The molecule has 0 bridgehead atoms. The minimum absolute atomic E-state index is 0. The molecule has 0 amide bonds. The minimum Gasteiger partial charge on any atom is -0.492 e. The number of hydrogen-bond acceptors (Lipinski definition) is 4. The van der Waals surface area contributed by atoms with E-state index in [1.54, 1.807) is 7.11 Å². The van der Waals surface area contributed by atoms with Crippen LogP contribution >= 0.6 is 24.0 Å². The summed E-state index contributed by atoms with van der Waals surface area (Å²) in [5, 5.41) is 6.96. The number of nitrogens with zero attached hydrogens (tertiary/aromatic N) is 2. The molecular weight excluding hydrogens is 491 g/mol. The predicted molar refractivity (Wildman–Crippen MR) is 136 cm³/mol. The summed E-state index contributed by atoms with van der Waals surface area (Å²) in [6.45, 7) is 10.6. The van der Waals surface area contributed by atoms with Crippen LogP contribution in [0.4, 0.5) is 0 Å². The second-order valence-electron chi connectivity index (χ2n) is 7.86. The molecule has 0 saturated heterocycles. The summed E-state index contributed by atoms with van der Waals surface area (Å²) in [5.74, 6) is 1.78. The Morgan fingerprint density at radius 1 is 1.13 bits per heavy atom. The molecule has 1 aromatic rings. The molecule has 2 N–H and O–H groups in total. The van der Waals surface area contributed by atoms with Crippen LogP contribution in [-0.2, 0) is 11.3 Å². The third-order valence-electron chi connectivity index (χ3n) is 6.08. The Hall–Kier alpha value is -1.06. The quantitative estimate of drug-likeness (QED) is 0.229. The molecule has 0 aromatic heterocycles. The van der Waals surface area contributed by atoms with Crippen LogP contribution in [0, 0.1) is 5.41 Å². The Labute approximate surface area is 200 Å². The van der Waals surface area contributed by atoms with Crippen molar-refractivity contribution >= 4 is 29.9 Å². The van der Waals surface area contributed by atoms with Crippen molar-refractivity contribution in [3.05, 3.63) is 29.8 Å². The number of halogens is 1. The van der Waals surface area contributed by atoms with Crippen molar-refractivity contribution in [1.82, 2.24) is 15.5 Å². The van der Waals surface area contributed by atoms with Gasteiger partial charge in [-0.05, 0) is 43.8 Å². The van der Waals surface area contributed by atoms with E-state index in [1.165, 1.54) is 19.3 Å². The van der Waals surface area contributed by atoms with E-state index in [1.807, 2.05) is 19.2 Å². The molecule has 1 fully saturated rings. The van der Waals surface area contributed by atoms with Crippen molar-refractivity contribution in [2.24, 2.45) is 10.4 Å². The Kier molecular flexibility index (Phi) is 13.4. The summed E-state index contributed by atoms with van der Waals surface area (Å²) in [6, 6.07) is 8.24. The molecule has 1 aromatic carbocycles. The van der Waals surface area contributed by atoms with Crippen LogP contribution in [0.25, 0.3) is 0 Å². The molecule has 7 heteroatoms. The molecule has 1 saturated carbocycles. The molecule has 0 spiro atoms. The molecule has 1 aliphatic rings. The number of benzene rings is 1. The molecule has 0 atom stereocenters. The monoisotopic (exact) mass is 532 g/mol. The second-order valence-corrected chi connectivity index (χ2v) is 7.86. The van der Waals surface area contributed by atoms with Crippen LogP contribution in [0.15, 0.2) is 29.3 Å². The maximum absolute atomic E-state index is 6.07. The fourth-order valence-electron chi connectivity index (χ4n) is 3.80. The van der Waals surface area contributed by atoms with Gasteiger partial charge in [0.15, 0.2) is 5.96 Å². The molecule has 2 rings (SSSR count). The molecule has 0 radical (unpaired) electrons. The first-order valence-corrected chi connectivity index (χ1v) is 11.0. The van der Waals surface area contributed by atoms with Crippen molar-refractivity contribution in [1.29, 1.82) is 0 Å². The molecule has 0 aliphatic heterocycles. The summed E-state index contributed by atoms with van der Waals surface area (Å²) in [6.07, 6.45) is 4.96. The maximum atomic E-state index is 6.07. The fraction of sp³-hybridized carbons (Fsp3) is 0.696. The summed E-state index contributed by atoms with van der Waals surface area (Å²) in [5.41, 5.74) is 1.51. The predicted octanol–water partition coefficient (Wildman–Crippen LogP) is 3.90. The van der Waals surface area contributed by atoms with E-state index in [4.69, 9.17) is 9.47 Å². The van der Waals surface area contributed by atoms with E-state index >= 15 is 0 Å². The first-order chi connectivity index (χ1) is 14.2. The lowest BCUT2D eigenvalue weighted by Crippen LogP contribution is -2.46. The highest BCUT2D eigenvalue weighted by atomic mass is 127. The third kappa shape index (κ3) is 8.59. The minimum atomic E-state index is 0. The fourth-order valence-corrected chi connectivity index (χ4v) is 3.80. The van der Waals surface area contributed by atoms with Gasteiger partial charge in [0, 0.05) is 46.0 Å². The van der Waals surface area contributed by atoms with Crippen molar-refractivity contribution in [2.75, 3.05) is 53.6 Å². The molecule has 0 heterocycles. The standard InChI is InChI=1S/C23H40N4O2.HI/c1-5-27(6-2)15-17-29-21-11-8-7-10-20(21)18-25-22(24-3)26-19-23(12-9-13-23)14-16-28-4;/h7-8,10-11H,5-6,9,12-19H2,1-4H3,(H2,24,25,26);1H. The first kappa shape index (κ1) is 27.0. The van der Waals surface area contributed by atoms with Gasteiger partial charge in [0.2, 0.25) is 0 Å². The molecule has 6 nitrogen and oxygen atoms in total. The molecule has 1 aliphatic carbocycles. The third-order valence-corrected chi connectivity index (χ3v) is 6.08. The highest BCUT2D eigenvalue weighted by molar-refractivity contribution is 14.0. The van der Waals surface area contributed by atoms with Crippen LogP contribution in [0.3, 0.4) is 0 Å². The van der Waals surface area contributed by atoms with E-state index in [2.05, 4.69) is 46.5 Å². The average molecular weight is 533 g/mol. The van der Waals surface area contributed by atoms with Gasteiger partial charge in [0.1, 0.15) is 12.4 Å². The van der Waals surface area contributed by atoms with Crippen LogP contribution in [0.2, 0.25) is 0 Å².